The predicted octanol–water partition coefficient (Wildman–Crippen LogP) is 4.52. The monoisotopic (exact) mass is 384 g/mol. The van der Waals surface area contributed by atoms with Gasteiger partial charge in [0.1, 0.15) is 5.82 Å². The highest BCUT2D eigenvalue weighted by Gasteiger charge is 2.29. The SMILES string of the molecule is COc1cc(C(c2c[nH]c3ccc(F)cc23)N2CCCC2)cc(OC)c1OC. The van der Waals surface area contributed by atoms with Crippen LogP contribution in [0.25, 0.3) is 10.9 Å². The molecule has 1 aromatic heterocycles. The number of benzene rings is 2. The van der Waals surface area contributed by atoms with Crippen LogP contribution in [0.4, 0.5) is 4.39 Å². The van der Waals surface area contributed by atoms with Gasteiger partial charge < -0.3 is 19.2 Å². The molecule has 3 aromatic rings. The molecule has 0 saturated carbocycles. The second-order valence-electron chi connectivity index (χ2n) is 7.04. The van der Waals surface area contributed by atoms with E-state index in [2.05, 4.69) is 9.88 Å². The van der Waals surface area contributed by atoms with E-state index in [1.54, 1.807) is 33.5 Å². The summed E-state index contributed by atoms with van der Waals surface area (Å²) in [6.07, 6.45) is 4.28. The lowest BCUT2D eigenvalue weighted by Gasteiger charge is -2.29. The molecule has 1 fully saturated rings. The van der Waals surface area contributed by atoms with Crippen molar-refractivity contribution in [3.63, 3.8) is 0 Å². The number of methoxy groups -OCH3 is 3. The first-order chi connectivity index (χ1) is 13.7. The maximum absolute atomic E-state index is 14.0. The Kier molecular flexibility index (Phi) is 5.13. The normalized spacial score (nSPS) is 15.7. The molecule has 1 N–H and O–H groups in total. The smallest absolute Gasteiger partial charge is 0.203 e. The van der Waals surface area contributed by atoms with E-state index in [1.807, 2.05) is 18.3 Å². The summed E-state index contributed by atoms with van der Waals surface area (Å²) in [5.41, 5.74) is 3.00. The number of halogens is 1. The summed E-state index contributed by atoms with van der Waals surface area (Å²) in [7, 11) is 4.83. The molecule has 0 spiro atoms. The lowest BCUT2D eigenvalue weighted by atomic mass is 9.96. The number of aromatic nitrogens is 1. The van der Waals surface area contributed by atoms with Crippen LogP contribution in [0.3, 0.4) is 0 Å². The fourth-order valence-electron chi connectivity index (χ4n) is 4.19. The van der Waals surface area contributed by atoms with Crippen molar-refractivity contribution >= 4 is 10.9 Å². The molecule has 1 aliphatic heterocycles. The first kappa shape index (κ1) is 18.6. The van der Waals surface area contributed by atoms with Gasteiger partial charge in [-0.2, -0.15) is 0 Å². The minimum atomic E-state index is -0.238. The molecule has 0 radical (unpaired) electrons. The number of fused-ring (bicyclic) bond motifs is 1. The molecule has 0 aliphatic carbocycles. The second-order valence-corrected chi connectivity index (χ2v) is 7.04. The highest BCUT2D eigenvalue weighted by atomic mass is 19.1. The zero-order valence-corrected chi connectivity index (χ0v) is 16.4. The number of nitrogens with one attached hydrogen (secondary N) is 1. The van der Waals surface area contributed by atoms with Crippen LogP contribution in [0, 0.1) is 5.82 Å². The zero-order chi connectivity index (χ0) is 19.7. The van der Waals surface area contributed by atoms with Gasteiger partial charge in [0, 0.05) is 17.1 Å². The van der Waals surface area contributed by atoms with Crippen LogP contribution in [-0.4, -0.2) is 44.3 Å². The fourth-order valence-corrected chi connectivity index (χ4v) is 4.19. The summed E-state index contributed by atoms with van der Waals surface area (Å²) >= 11 is 0. The van der Waals surface area contributed by atoms with Gasteiger partial charge in [-0.05, 0) is 67.4 Å². The van der Waals surface area contributed by atoms with Crippen LogP contribution in [0.5, 0.6) is 17.2 Å². The number of ether oxygens (including phenoxy) is 3. The number of likely N-dealkylation sites (tertiary alicyclic amines) is 1. The molecule has 148 valence electrons. The van der Waals surface area contributed by atoms with Gasteiger partial charge >= 0.3 is 0 Å². The Morgan fingerprint density at radius 3 is 2.25 bits per heavy atom. The summed E-state index contributed by atoms with van der Waals surface area (Å²) in [4.78, 5) is 5.71. The van der Waals surface area contributed by atoms with Crippen LogP contribution in [-0.2, 0) is 0 Å². The molecule has 1 unspecified atom stereocenters. The van der Waals surface area contributed by atoms with E-state index in [0.717, 1.165) is 48.0 Å². The molecular weight excluding hydrogens is 359 g/mol. The maximum atomic E-state index is 14.0. The third-order valence-electron chi connectivity index (χ3n) is 5.48. The Morgan fingerprint density at radius 2 is 1.64 bits per heavy atom. The highest BCUT2D eigenvalue weighted by molar-refractivity contribution is 5.84. The summed E-state index contributed by atoms with van der Waals surface area (Å²) in [6.45, 7) is 1.98. The molecule has 0 amide bonds. The quantitative estimate of drug-likeness (QED) is 0.679. The lowest BCUT2D eigenvalue weighted by Crippen LogP contribution is -2.26. The number of H-pyrrole nitrogens is 1. The summed E-state index contributed by atoms with van der Waals surface area (Å²) < 4.78 is 30.6. The van der Waals surface area contributed by atoms with Crippen LogP contribution < -0.4 is 14.2 Å². The first-order valence-electron chi connectivity index (χ1n) is 9.46. The zero-order valence-electron chi connectivity index (χ0n) is 16.4. The number of nitrogens with zero attached hydrogens (tertiary/aromatic N) is 1. The maximum Gasteiger partial charge on any atom is 0.203 e. The van der Waals surface area contributed by atoms with Gasteiger partial charge in [-0.25, -0.2) is 4.39 Å². The van der Waals surface area contributed by atoms with Crippen molar-refractivity contribution in [1.82, 2.24) is 9.88 Å². The molecule has 2 aromatic carbocycles. The molecular formula is C22H25FN2O3. The van der Waals surface area contributed by atoms with Gasteiger partial charge in [-0.15, -0.1) is 0 Å². The van der Waals surface area contributed by atoms with Crippen LogP contribution >= 0.6 is 0 Å². The van der Waals surface area contributed by atoms with E-state index in [4.69, 9.17) is 14.2 Å². The van der Waals surface area contributed by atoms with E-state index in [9.17, 15) is 4.39 Å². The first-order valence-corrected chi connectivity index (χ1v) is 9.46. The molecule has 5 nitrogen and oxygen atoms in total. The van der Waals surface area contributed by atoms with E-state index in [0.29, 0.717) is 17.2 Å². The molecule has 1 atom stereocenters. The summed E-state index contributed by atoms with van der Waals surface area (Å²) in [6, 6.07) is 8.80. The largest absolute Gasteiger partial charge is 0.493 e. The number of hydrogen-bond donors (Lipinski definition) is 1. The highest BCUT2D eigenvalue weighted by Crippen LogP contribution is 2.44. The fraction of sp³-hybridized carbons (Fsp3) is 0.364. The Morgan fingerprint density at radius 1 is 0.964 bits per heavy atom. The molecule has 1 aliphatic rings. The van der Waals surface area contributed by atoms with Crippen molar-refractivity contribution in [1.29, 1.82) is 0 Å². The number of hydrogen-bond acceptors (Lipinski definition) is 4. The Balaban J connectivity index is 1.91. The average molecular weight is 384 g/mol. The van der Waals surface area contributed by atoms with Crippen LogP contribution in [0.2, 0.25) is 0 Å². The Labute approximate surface area is 164 Å². The van der Waals surface area contributed by atoms with E-state index in [-0.39, 0.29) is 11.9 Å². The van der Waals surface area contributed by atoms with Crippen molar-refractivity contribution < 1.29 is 18.6 Å². The third kappa shape index (κ3) is 3.18. The minimum absolute atomic E-state index is 0.0354. The van der Waals surface area contributed by atoms with Crippen molar-refractivity contribution in [2.45, 2.75) is 18.9 Å². The van der Waals surface area contributed by atoms with Gasteiger partial charge in [-0.1, -0.05) is 0 Å². The van der Waals surface area contributed by atoms with Gasteiger partial charge in [-0.3, -0.25) is 4.90 Å². The predicted molar refractivity (Wildman–Crippen MR) is 107 cm³/mol. The van der Waals surface area contributed by atoms with Crippen molar-refractivity contribution in [3.05, 3.63) is 53.5 Å². The average Bonchev–Trinajstić information content (AvgIpc) is 3.38. The van der Waals surface area contributed by atoms with E-state index >= 15 is 0 Å². The molecule has 28 heavy (non-hydrogen) atoms. The summed E-state index contributed by atoms with van der Waals surface area (Å²) in [5.74, 6) is 1.57. The second kappa shape index (κ2) is 7.72. The topological polar surface area (TPSA) is 46.7 Å². The van der Waals surface area contributed by atoms with Gasteiger partial charge in [0.25, 0.3) is 0 Å². The minimum Gasteiger partial charge on any atom is -0.493 e. The van der Waals surface area contributed by atoms with Gasteiger partial charge in [0.2, 0.25) is 5.75 Å². The molecule has 6 heteroatoms. The summed E-state index contributed by atoms with van der Waals surface area (Å²) in [5, 5.41) is 0.894. The van der Waals surface area contributed by atoms with Crippen molar-refractivity contribution in [2.24, 2.45) is 0 Å². The van der Waals surface area contributed by atoms with E-state index < -0.39 is 0 Å². The van der Waals surface area contributed by atoms with Crippen molar-refractivity contribution in [3.8, 4) is 17.2 Å². The lowest BCUT2D eigenvalue weighted by molar-refractivity contribution is 0.278. The van der Waals surface area contributed by atoms with Crippen LogP contribution in [0.15, 0.2) is 36.5 Å². The molecule has 1 saturated heterocycles. The Bertz CT molecular complexity index is 954. The number of rotatable bonds is 6. The van der Waals surface area contributed by atoms with Crippen molar-refractivity contribution in [2.75, 3.05) is 34.4 Å². The van der Waals surface area contributed by atoms with Crippen LogP contribution in [0.1, 0.15) is 30.0 Å². The van der Waals surface area contributed by atoms with Gasteiger partial charge in [0.05, 0.1) is 27.4 Å². The third-order valence-corrected chi connectivity index (χ3v) is 5.48. The van der Waals surface area contributed by atoms with Gasteiger partial charge in [0.15, 0.2) is 11.5 Å². The molecule has 2 heterocycles. The van der Waals surface area contributed by atoms with E-state index in [1.165, 1.54) is 6.07 Å². The standard InChI is InChI=1S/C22H25FN2O3/c1-26-19-10-14(11-20(27-2)22(19)28-3)21(25-8-4-5-9-25)17-13-24-18-7-6-15(23)12-16(17)18/h6-7,10-13,21,24H,4-5,8-9H2,1-3H3. The Hall–Kier alpha value is -2.73. The molecule has 0 bridgehead atoms. The number of aromatic amines is 1. The molecule has 4 rings (SSSR count).